The maximum atomic E-state index is 12.9. The van der Waals surface area contributed by atoms with Gasteiger partial charge >= 0.3 is 6.03 Å². The first-order chi connectivity index (χ1) is 12.4. The second-order valence-electron chi connectivity index (χ2n) is 7.76. The number of carbonyl (C=O) groups excluding carboxylic acids is 1. The zero-order valence-electron chi connectivity index (χ0n) is 15.6. The van der Waals surface area contributed by atoms with E-state index in [1.54, 1.807) is 5.01 Å². The van der Waals surface area contributed by atoms with E-state index in [2.05, 4.69) is 31.0 Å². The molecule has 0 saturated carbocycles. The Bertz CT molecular complexity index is 646. The van der Waals surface area contributed by atoms with Gasteiger partial charge in [0.05, 0.1) is 0 Å². The standard InChI is InChI=1S/C20H29ClN4O/c1-15(2)12-17(16-4-6-18(21)7-5-16)13-24-9-3-10-25(24)20(26)23-11-8-19(22)14-23/h3-7,10,15,17,19H,8-9,11-14,22H2,1-2H3/t17?,19-/m1/s1. The molecule has 142 valence electrons. The predicted molar refractivity (Wildman–Crippen MR) is 106 cm³/mol. The zero-order chi connectivity index (χ0) is 18.7. The number of likely N-dealkylation sites (tertiary alicyclic amines) is 1. The van der Waals surface area contributed by atoms with Gasteiger partial charge < -0.3 is 10.6 Å². The summed E-state index contributed by atoms with van der Waals surface area (Å²) in [5.41, 5.74) is 7.23. The smallest absolute Gasteiger partial charge is 0.326 e. The molecule has 1 saturated heterocycles. The fourth-order valence-electron chi connectivity index (χ4n) is 3.78. The van der Waals surface area contributed by atoms with Crippen LogP contribution in [0.5, 0.6) is 0 Å². The van der Waals surface area contributed by atoms with Crippen molar-refractivity contribution >= 4 is 17.6 Å². The molecule has 0 aromatic heterocycles. The van der Waals surface area contributed by atoms with Crippen molar-refractivity contribution in [2.75, 3.05) is 26.2 Å². The topological polar surface area (TPSA) is 52.8 Å². The van der Waals surface area contributed by atoms with Crippen molar-refractivity contribution in [2.24, 2.45) is 11.7 Å². The molecule has 26 heavy (non-hydrogen) atoms. The Morgan fingerprint density at radius 3 is 2.65 bits per heavy atom. The Morgan fingerprint density at radius 2 is 2.04 bits per heavy atom. The number of nitrogens with two attached hydrogens (primary N) is 1. The highest BCUT2D eigenvalue weighted by molar-refractivity contribution is 6.30. The van der Waals surface area contributed by atoms with Crippen molar-refractivity contribution in [2.45, 2.75) is 38.6 Å². The molecule has 2 aliphatic heterocycles. The first-order valence-corrected chi connectivity index (χ1v) is 9.82. The number of carbonyl (C=O) groups is 1. The van der Waals surface area contributed by atoms with Crippen LogP contribution in [0.4, 0.5) is 4.79 Å². The van der Waals surface area contributed by atoms with Crippen LogP contribution in [0.1, 0.15) is 38.2 Å². The molecular weight excluding hydrogens is 348 g/mol. The third kappa shape index (κ3) is 4.58. The van der Waals surface area contributed by atoms with E-state index in [4.69, 9.17) is 17.3 Å². The van der Waals surface area contributed by atoms with Gasteiger partial charge in [-0.2, -0.15) is 0 Å². The molecule has 2 atom stereocenters. The molecule has 0 bridgehead atoms. The Morgan fingerprint density at radius 1 is 1.31 bits per heavy atom. The van der Waals surface area contributed by atoms with Gasteiger partial charge in [-0.25, -0.2) is 14.8 Å². The van der Waals surface area contributed by atoms with Crippen LogP contribution in [-0.2, 0) is 0 Å². The lowest BCUT2D eigenvalue weighted by molar-refractivity contribution is 0.0550. The van der Waals surface area contributed by atoms with E-state index in [0.717, 1.165) is 37.5 Å². The second-order valence-corrected chi connectivity index (χ2v) is 8.19. The van der Waals surface area contributed by atoms with Crippen LogP contribution in [0.15, 0.2) is 36.5 Å². The minimum absolute atomic E-state index is 0.0334. The maximum absolute atomic E-state index is 12.9. The van der Waals surface area contributed by atoms with Crippen LogP contribution < -0.4 is 5.73 Å². The molecule has 0 radical (unpaired) electrons. The summed E-state index contributed by atoms with van der Waals surface area (Å²) in [6, 6.07) is 8.23. The number of urea groups is 1. The molecule has 2 heterocycles. The SMILES string of the molecule is CC(C)CC(CN1CC=CN1C(=O)N1CC[C@@H](N)C1)c1ccc(Cl)cc1. The van der Waals surface area contributed by atoms with Crippen LogP contribution in [0.25, 0.3) is 0 Å². The first kappa shape index (κ1) is 19.2. The minimum atomic E-state index is 0.0334. The van der Waals surface area contributed by atoms with Crippen LogP contribution in [0, 0.1) is 5.92 Å². The lowest BCUT2D eigenvalue weighted by Gasteiger charge is -2.34. The number of halogens is 1. The molecule has 3 rings (SSSR count). The molecule has 2 aliphatic rings. The van der Waals surface area contributed by atoms with Crippen molar-refractivity contribution in [3.63, 3.8) is 0 Å². The molecule has 0 aliphatic carbocycles. The number of hydrazine groups is 1. The van der Waals surface area contributed by atoms with E-state index in [0.29, 0.717) is 18.4 Å². The summed E-state index contributed by atoms with van der Waals surface area (Å²) in [6.07, 6.45) is 5.88. The molecular formula is C20H29ClN4O. The average molecular weight is 377 g/mol. The number of rotatable bonds is 5. The number of hydrogen-bond donors (Lipinski definition) is 1. The molecule has 1 aromatic carbocycles. The molecule has 2 amide bonds. The first-order valence-electron chi connectivity index (χ1n) is 9.44. The van der Waals surface area contributed by atoms with Gasteiger partial charge in [-0.1, -0.05) is 43.7 Å². The summed E-state index contributed by atoms with van der Waals surface area (Å²) in [5, 5.41) is 4.65. The van der Waals surface area contributed by atoms with E-state index < -0.39 is 0 Å². The molecule has 6 heteroatoms. The maximum Gasteiger partial charge on any atom is 0.338 e. The van der Waals surface area contributed by atoms with E-state index in [-0.39, 0.29) is 12.1 Å². The quantitative estimate of drug-likeness (QED) is 0.853. The van der Waals surface area contributed by atoms with Crippen molar-refractivity contribution in [1.29, 1.82) is 0 Å². The number of amides is 2. The molecule has 1 aromatic rings. The van der Waals surface area contributed by atoms with Crippen LogP contribution in [-0.4, -0.2) is 53.2 Å². The summed E-state index contributed by atoms with van der Waals surface area (Å²) in [4.78, 5) is 14.7. The van der Waals surface area contributed by atoms with E-state index in [1.165, 1.54) is 5.56 Å². The lowest BCUT2D eigenvalue weighted by Crippen LogP contribution is -2.48. The van der Waals surface area contributed by atoms with Gasteiger partial charge in [-0.15, -0.1) is 0 Å². The average Bonchev–Trinajstić information content (AvgIpc) is 3.23. The summed E-state index contributed by atoms with van der Waals surface area (Å²) >= 11 is 6.05. The Hall–Kier alpha value is -1.56. The van der Waals surface area contributed by atoms with Crippen molar-refractivity contribution < 1.29 is 4.79 Å². The third-order valence-electron chi connectivity index (χ3n) is 5.09. The Labute approximate surface area is 161 Å². The second kappa shape index (κ2) is 8.42. The normalized spacial score (nSPS) is 21.8. The van der Waals surface area contributed by atoms with Gasteiger partial charge in [-0.3, -0.25) is 0 Å². The van der Waals surface area contributed by atoms with Crippen LogP contribution in [0.3, 0.4) is 0 Å². The van der Waals surface area contributed by atoms with E-state index in [1.807, 2.05) is 29.3 Å². The highest BCUT2D eigenvalue weighted by Crippen LogP contribution is 2.28. The molecule has 5 nitrogen and oxygen atoms in total. The lowest BCUT2D eigenvalue weighted by atomic mass is 9.90. The monoisotopic (exact) mass is 376 g/mol. The number of benzene rings is 1. The molecule has 1 unspecified atom stereocenters. The summed E-state index contributed by atoms with van der Waals surface area (Å²) < 4.78 is 0. The Balaban J connectivity index is 1.71. The minimum Gasteiger partial charge on any atom is -0.326 e. The van der Waals surface area contributed by atoms with Crippen molar-refractivity contribution in [3.8, 4) is 0 Å². The summed E-state index contributed by atoms with van der Waals surface area (Å²) in [6.45, 7) is 7.42. The van der Waals surface area contributed by atoms with Crippen LogP contribution in [0.2, 0.25) is 5.02 Å². The number of hydrogen-bond acceptors (Lipinski definition) is 3. The van der Waals surface area contributed by atoms with Crippen LogP contribution >= 0.6 is 11.6 Å². The van der Waals surface area contributed by atoms with Gasteiger partial charge in [-0.05, 0) is 42.4 Å². The highest BCUT2D eigenvalue weighted by Gasteiger charge is 2.32. The fraction of sp³-hybridized carbons (Fsp3) is 0.550. The van der Waals surface area contributed by atoms with E-state index >= 15 is 0 Å². The van der Waals surface area contributed by atoms with Gasteiger partial charge in [0.1, 0.15) is 0 Å². The molecule has 0 spiro atoms. The largest absolute Gasteiger partial charge is 0.338 e. The predicted octanol–water partition coefficient (Wildman–Crippen LogP) is 3.67. The van der Waals surface area contributed by atoms with Gasteiger partial charge in [0.2, 0.25) is 0 Å². The molecule has 2 N–H and O–H groups in total. The molecule has 1 fully saturated rings. The van der Waals surface area contributed by atoms with Gasteiger partial charge in [0.15, 0.2) is 0 Å². The summed E-state index contributed by atoms with van der Waals surface area (Å²) in [5.74, 6) is 0.926. The fourth-order valence-corrected chi connectivity index (χ4v) is 3.90. The Kier molecular flexibility index (Phi) is 6.22. The van der Waals surface area contributed by atoms with Gasteiger partial charge in [0.25, 0.3) is 0 Å². The summed E-state index contributed by atoms with van der Waals surface area (Å²) in [7, 11) is 0. The van der Waals surface area contributed by atoms with Gasteiger partial charge in [0, 0.05) is 43.4 Å². The van der Waals surface area contributed by atoms with E-state index in [9.17, 15) is 4.79 Å². The highest BCUT2D eigenvalue weighted by atomic mass is 35.5. The number of nitrogens with zero attached hydrogens (tertiary/aromatic N) is 3. The van der Waals surface area contributed by atoms with Crippen molar-refractivity contribution in [3.05, 3.63) is 47.1 Å². The van der Waals surface area contributed by atoms with Crippen molar-refractivity contribution in [1.82, 2.24) is 14.9 Å². The zero-order valence-corrected chi connectivity index (χ0v) is 16.4. The third-order valence-corrected chi connectivity index (χ3v) is 5.34.